The second-order valence-corrected chi connectivity index (χ2v) is 3.79. The summed E-state index contributed by atoms with van der Waals surface area (Å²) >= 11 is 0. The normalized spacial score (nSPS) is 9.74. The van der Waals surface area contributed by atoms with Crippen molar-refractivity contribution in [3.63, 3.8) is 0 Å². The van der Waals surface area contributed by atoms with Gasteiger partial charge < -0.3 is 9.47 Å². The summed E-state index contributed by atoms with van der Waals surface area (Å²) in [4.78, 5) is 7.89. The van der Waals surface area contributed by atoms with Crippen molar-refractivity contribution >= 4 is 0 Å². The Balaban J connectivity index is 2.24. The van der Waals surface area contributed by atoms with Crippen LogP contribution in [0.2, 0.25) is 0 Å². The van der Waals surface area contributed by atoms with Crippen molar-refractivity contribution < 1.29 is 9.47 Å². The molecule has 0 spiro atoms. The monoisotopic (exact) mass is 255 g/mol. The Morgan fingerprint density at radius 2 is 2.05 bits per heavy atom. The highest BCUT2D eigenvalue weighted by atomic mass is 16.5. The van der Waals surface area contributed by atoms with Gasteiger partial charge in [0.1, 0.15) is 6.07 Å². The Bertz CT molecular complexity index is 603. The number of hydrogen-bond donors (Lipinski definition) is 0. The van der Waals surface area contributed by atoms with Crippen LogP contribution in [0.3, 0.4) is 0 Å². The zero-order valence-electron chi connectivity index (χ0n) is 10.8. The fourth-order valence-corrected chi connectivity index (χ4v) is 1.56. The molecular formula is C14H13N3O2. The zero-order valence-corrected chi connectivity index (χ0v) is 10.8. The molecule has 1 aromatic heterocycles. The number of ether oxygens (including phenoxy) is 2. The average Bonchev–Trinajstić information content (AvgIpc) is 2.48. The van der Waals surface area contributed by atoms with Gasteiger partial charge in [0.2, 0.25) is 5.88 Å². The van der Waals surface area contributed by atoms with Crippen LogP contribution in [0, 0.1) is 11.3 Å². The van der Waals surface area contributed by atoms with Crippen molar-refractivity contribution in [2.45, 2.75) is 13.3 Å². The van der Waals surface area contributed by atoms with Crippen LogP contribution in [-0.2, 0) is 6.42 Å². The molecule has 0 bridgehead atoms. The number of nitrogens with zero attached hydrogens (tertiary/aromatic N) is 3. The SMILES string of the molecule is CCc1ccc(Oc2cnc(C#N)cn2)c(OC)c1. The predicted molar refractivity (Wildman–Crippen MR) is 69.2 cm³/mol. The number of aromatic nitrogens is 2. The predicted octanol–water partition coefficient (Wildman–Crippen LogP) is 2.71. The summed E-state index contributed by atoms with van der Waals surface area (Å²) in [6, 6.07) is 7.62. The molecule has 0 saturated carbocycles. The summed E-state index contributed by atoms with van der Waals surface area (Å²) < 4.78 is 10.9. The molecule has 1 heterocycles. The first-order valence-corrected chi connectivity index (χ1v) is 5.83. The Hall–Kier alpha value is -2.61. The van der Waals surface area contributed by atoms with Gasteiger partial charge in [0.05, 0.1) is 19.5 Å². The van der Waals surface area contributed by atoms with Crippen LogP contribution >= 0.6 is 0 Å². The number of methoxy groups -OCH3 is 1. The van der Waals surface area contributed by atoms with Crippen LogP contribution in [0.4, 0.5) is 0 Å². The lowest BCUT2D eigenvalue weighted by molar-refractivity contribution is 0.373. The summed E-state index contributed by atoms with van der Waals surface area (Å²) in [5, 5.41) is 8.64. The molecule has 0 saturated heterocycles. The van der Waals surface area contributed by atoms with E-state index >= 15 is 0 Å². The lowest BCUT2D eigenvalue weighted by Crippen LogP contribution is -1.95. The third-order valence-electron chi connectivity index (χ3n) is 2.59. The maximum atomic E-state index is 8.64. The van der Waals surface area contributed by atoms with Gasteiger partial charge in [-0.2, -0.15) is 5.26 Å². The van der Waals surface area contributed by atoms with Crippen LogP contribution in [-0.4, -0.2) is 17.1 Å². The van der Waals surface area contributed by atoms with E-state index in [0.717, 1.165) is 12.0 Å². The van der Waals surface area contributed by atoms with E-state index in [-0.39, 0.29) is 5.69 Å². The van der Waals surface area contributed by atoms with Crippen LogP contribution in [0.25, 0.3) is 0 Å². The molecule has 2 aromatic rings. The van der Waals surface area contributed by atoms with Crippen molar-refractivity contribution in [1.29, 1.82) is 5.26 Å². The van der Waals surface area contributed by atoms with Crippen molar-refractivity contribution in [2.24, 2.45) is 0 Å². The molecule has 0 radical (unpaired) electrons. The fraction of sp³-hybridized carbons (Fsp3) is 0.214. The molecule has 2 rings (SSSR count). The lowest BCUT2D eigenvalue weighted by Gasteiger charge is -2.10. The quantitative estimate of drug-likeness (QED) is 0.840. The van der Waals surface area contributed by atoms with Gasteiger partial charge in [0, 0.05) is 0 Å². The highest BCUT2D eigenvalue weighted by Crippen LogP contribution is 2.31. The van der Waals surface area contributed by atoms with Crippen LogP contribution in [0.5, 0.6) is 17.4 Å². The van der Waals surface area contributed by atoms with E-state index in [1.165, 1.54) is 12.4 Å². The molecule has 0 amide bonds. The third-order valence-corrected chi connectivity index (χ3v) is 2.59. The van der Waals surface area contributed by atoms with E-state index in [1.807, 2.05) is 24.3 Å². The highest BCUT2D eigenvalue weighted by molar-refractivity contribution is 5.44. The zero-order chi connectivity index (χ0) is 13.7. The minimum absolute atomic E-state index is 0.251. The van der Waals surface area contributed by atoms with E-state index in [2.05, 4.69) is 16.9 Å². The largest absolute Gasteiger partial charge is 0.493 e. The molecule has 1 aromatic carbocycles. The smallest absolute Gasteiger partial charge is 0.238 e. The van der Waals surface area contributed by atoms with Crippen LogP contribution in [0.1, 0.15) is 18.2 Å². The van der Waals surface area contributed by atoms with Gasteiger partial charge in [-0.25, -0.2) is 9.97 Å². The van der Waals surface area contributed by atoms with E-state index in [4.69, 9.17) is 14.7 Å². The Kier molecular flexibility index (Phi) is 3.94. The third kappa shape index (κ3) is 2.99. The van der Waals surface area contributed by atoms with Crippen molar-refractivity contribution in [3.05, 3.63) is 41.9 Å². The topological polar surface area (TPSA) is 68.0 Å². The van der Waals surface area contributed by atoms with Gasteiger partial charge in [-0.05, 0) is 24.1 Å². The Morgan fingerprint density at radius 1 is 1.21 bits per heavy atom. The number of hydrogen-bond acceptors (Lipinski definition) is 5. The van der Waals surface area contributed by atoms with E-state index in [9.17, 15) is 0 Å². The first kappa shape index (κ1) is 12.8. The summed E-state index contributed by atoms with van der Waals surface area (Å²) in [7, 11) is 1.59. The van der Waals surface area contributed by atoms with Gasteiger partial charge in [-0.15, -0.1) is 0 Å². The van der Waals surface area contributed by atoms with Gasteiger partial charge in [0.15, 0.2) is 17.2 Å². The molecule has 96 valence electrons. The van der Waals surface area contributed by atoms with Crippen LogP contribution in [0.15, 0.2) is 30.6 Å². The molecule has 0 aliphatic heterocycles. The van der Waals surface area contributed by atoms with E-state index < -0.39 is 0 Å². The minimum Gasteiger partial charge on any atom is -0.493 e. The van der Waals surface area contributed by atoms with Crippen molar-refractivity contribution in [1.82, 2.24) is 9.97 Å². The molecule has 0 atom stereocenters. The number of rotatable bonds is 4. The number of nitriles is 1. The van der Waals surface area contributed by atoms with E-state index in [1.54, 1.807) is 7.11 Å². The molecule has 19 heavy (non-hydrogen) atoms. The summed E-state index contributed by atoms with van der Waals surface area (Å²) in [5.41, 5.74) is 1.41. The van der Waals surface area contributed by atoms with Crippen molar-refractivity contribution in [2.75, 3.05) is 7.11 Å². The molecule has 0 N–H and O–H groups in total. The standard InChI is InChI=1S/C14H13N3O2/c1-3-10-4-5-12(13(6-10)18-2)19-14-9-16-11(7-15)8-17-14/h4-6,8-9H,3H2,1-2H3. The Morgan fingerprint density at radius 3 is 2.63 bits per heavy atom. The minimum atomic E-state index is 0.251. The van der Waals surface area contributed by atoms with Gasteiger partial charge in [-0.1, -0.05) is 13.0 Å². The number of aryl methyl sites for hydroxylation is 1. The summed E-state index contributed by atoms with van der Waals surface area (Å²) in [6.07, 6.45) is 3.70. The molecule has 0 fully saturated rings. The lowest BCUT2D eigenvalue weighted by atomic mass is 10.1. The van der Waals surface area contributed by atoms with Gasteiger partial charge in [0.25, 0.3) is 0 Å². The maximum Gasteiger partial charge on any atom is 0.238 e. The van der Waals surface area contributed by atoms with Gasteiger partial charge in [-0.3, -0.25) is 0 Å². The molecular weight excluding hydrogens is 242 g/mol. The average molecular weight is 255 g/mol. The molecule has 5 heteroatoms. The van der Waals surface area contributed by atoms with Gasteiger partial charge >= 0.3 is 0 Å². The summed E-state index contributed by atoms with van der Waals surface area (Å²) in [5.74, 6) is 1.53. The second kappa shape index (κ2) is 5.83. The van der Waals surface area contributed by atoms with Crippen molar-refractivity contribution in [3.8, 4) is 23.4 Å². The molecule has 0 aliphatic carbocycles. The first-order chi connectivity index (χ1) is 9.26. The van der Waals surface area contributed by atoms with E-state index in [0.29, 0.717) is 17.4 Å². The fourth-order valence-electron chi connectivity index (χ4n) is 1.56. The molecule has 5 nitrogen and oxygen atoms in total. The number of benzene rings is 1. The van der Waals surface area contributed by atoms with Crippen LogP contribution < -0.4 is 9.47 Å². The maximum absolute atomic E-state index is 8.64. The molecule has 0 aliphatic rings. The summed E-state index contributed by atoms with van der Waals surface area (Å²) in [6.45, 7) is 2.07. The second-order valence-electron chi connectivity index (χ2n) is 3.79. The Labute approximate surface area is 111 Å². The highest BCUT2D eigenvalue weighted by Gasteiger charge is 2.07. The first-order valence-electron chi connectivity index (χ1n) is 5.83. The molecule has 0 unspecified atom stereocenters.